The van der Waals surface area contributed by atoms with Crippen molar-refractivity contribution in [3.63, 3.8) is 0 Å². The summed E-state index contributed by atoms with van der Waals surface area (Å²) >= 11 is 0. The van der Waals surface area contributed by atoms with Gasteiger partial charge in [-0.05, 0) is 73.8 Å². The van der Waals surface area contributed by atoms with Crippen molar-refractivity contribution < 1.29 is 19.1 Å². The SMILES string of the molecule is COC(=O)c1ccc2c(c1)NC(=O)/C2=C(\Nc1ccc2c(c1)CCN2C(=O)CN1CCCCC1)c1ccccc1. The van der Waals surface area contributed by atoms with Crippen LogP contribution in [0.2, 0.25) is 0 Å². The molecule has 0 atom stereocenters. The molecule has 3 aromatic carbocycles. The number of carbonyl (C=O) groups excluding carboxylic acids is 3. The van der Waals surface area contributed by atoms with Crippen molar-refractivity contribution in [3.8, 4) is 0 Å². The third kappa shape index (κ3) is 4.98. The number of nitrogens with zero attached hydrogens (tertiary/aromatic N) is 2. The molecule has 40 heavy (non-hydrogen) atoms. The van der Waals surface area contributed by atoms with Gasteiger partial charge in [0.15, 0.2) is 0 Å². The normalized spacial score (nSPS) is 17.6. The van der Waals surface area contributed by atoms with Crippen molar-refractivity contribution in [1.29, 1.82) is 0 Å². The fourth-order valence-corrected chi connectivity index (χ4v) is 5.83. The van der Waals surface area contributed by atoms with Gasteiger partial charge in [-0.2, -0.15) is 0 Å². The minimum atomic E-state index is -0.461. The minimum Gasteiger partial charge on any atom is -0.465 e. The van der Waals surface area contributed by atoms with Crippen molar-refractivity contribution in [2.45, 2.75) is 25.7 Å². The quantitative estimate of drug-likeness (QED) is 0.348. The number of anilines is 3. The summed E-state index contributed by atoms with van der Waals surface area (Å²) in [6, 6.07) is 20.8. The molecule has 0 saturated carbocycles. The molecule has 3 aromatic rings. The maximum Gasteiger partial charge on any atom is 0.337 e. The van der Waals surface area contributed by atoms with Crippen LogP contribution in [0.4, 0.5) is 17.1 Å². The van der Waals surface area contributed by atoms with E-state index < -0.39 is 5.97 Å². The lowest BCUT2D eigenvalue weighted by molar-refractivity contribution is -0.119. The highest BCUT2D eigenvalue weighted by atomic mass is 16.5. The minimum absolute atomic E-state index is 0.152. The molecule has 2 N–H and O–H groups in total. The van der Waals surface area contributed by atoms with Gasteiger partial charge in [0.1, 0.15) is 0 Å². The highest BCUT2D eigenvalue weighted by Crippen LogP contribution is 2.39. The molecule has 3 aliphatic rings. The van der Waals surface area contributed by atoms with Crippen LogP contribution in [-0.4, -0.2) is 56.0 Å². The number of nitrogens with one attached hydrogen (secondary N) is 2. The molecule has 0 aromatic heterocycles. The molecule has 3 heterocycles. The number of esters is 1. The van der Waals surface area contributed by atoms with Crippen molar-refractivity contribution >= 4 is 46.1 Å². The molecule has 0 bridgehead atoms. The predicted octanol–water partition coefficient (Wildman–Crippen LogP) is 4.78. The zero-order chi connectivity index (χ0) is 27.6. The summed E-state index contributed by atoms with van der Waals surface area (Å²) in [6.45, 7) is 3.13. The molecule has 0 unspecified atom stereocenters. The number of carbonyl (C=O) groups is 3. The van der Waals surface area contributed by atoms with E-state index in [1.165, 1.54) is 13.5 Å². The lowest BCUT2D eigenvalue weighted by atomic mass is 9.99. The van der Waals surface area contributed by atoms with E-state index >= 15 is 0 Å². The van der Waals surface area contributed by atoms with E-state index in [1.54, 1.807) is 18.2 Å². The Morgan fingerprint density at radius 3 is 2.50 bits per heavy atom. The van der Waals surface area contributed by atoms with Gasteiger partial charge in [0.05, 0.1) is 36.2 Å². The van der Waals surface area contributed by atoms with Crippen LogP contribution in [0.1, 0.15) is 46.3 Å². The molecule has 6 rings (SSSR count). The van der Waals surface area contributed by atoms with Gasteiger partial charge in [0, 0.05) is 23.5 Å². The smallest absolute Gasteiger partial charge is 0.337 e. The number of likely N-dealkylation sites (tertiary alicyclic amines) is 1. The fourth-order valence-electron chi connectivity index (χ4n) is 5.83. The molecule has 0 radical (unpaired) electrons. The maximum absolute atomic E-state index is 13.3. The van der Waals surface area contributed by atoms with Crippen LogP contribution in [0.25, 0.3) is 11.3 Å². The summed E-state index contributed by atoms with van der Waals surface area (Å²) in [5.41, 5.74) is 6.56. The first-order chi connectivity index (χ1) is 19.5. The lowest BCUT2D eigenvalue weighted by Crippen LogP contribution is -2.41. The van der Waals surface area contributed by atoms with E-state index in [9.17, 15) is 14.4 Å². The Hall–Kier alpha value is -4.43. The molecular weight excluding hydrogens is 504 g/mol. The van der Waals surface area contributed by atoms with E-state index in [-0.39, 0.29) is 11.8 Å². The predicted molar refractivity (Wildman–Crippen MR) is 156 cm³/mol. The zero-order valence-corrected chi connectivity index (χ0v) is 22.5. The second kappa shape index (κ2) is 11.0. The largest absolute Gasteiger partial charge is 0.465 e. The number of benzene rings is 3. The maximum atomic E-state index is 13.3. The van der Waals surface area contributed by atoms with Crippen LogP contribution in [-0.2, 0) is 20.7 Å². The molecule has 8 heteroatoms. The molecule has 204 valence electrons. The van der Waals surface area contributed by atoms with E-state index in [4.69, 9.17) is 4.74 Å². The van der Waals surface area contributed by atoms with Crippen LogP contribution < -0.4 is 15.5 Å². The van der Waals surface area contributed by atoms with E-state index in [0.717, 1.165) is 54.9 Å². The van der Waals surface area contributed by atoms with Crippen LogP contribution in [0.5, 0.6) is 0 Å². The monoisotopic (exact) mass is 536 g/mol. The topological polar surface area (TPSA) is 91.0 Å². The summed E-state index contributed by atoms with van der Waals surface area (Å²) < 4.78 is 4.84. The Bertz CT molecular complexity index is 1510. The Labute approximate surface area is 233 Å². The molecule has 0 spiro atoms. The molecule has 0 aliphatic carbocycles. The van der Waals surface area contributed by atoms with Crippen LogP contribution >= 0.6 is 0 Å². The molecule has 3 aliphatic heterocycles. The van der Waals surface area contributed by atoms with Crippen molar-refractivity contribution in [2.75, 3.05) is 48.8 Å². The summed E-state index contributed by atoms with van der Waals surface area (Å²) in [7, 11) is 1.33. The van der Waals surface area contributed by atoms with Gasteiger partial charge in [-0.1, -0.05) is 42.8 Å². The highest BCUT2D eigenvalue weighted by molar-refractivity contribution is 6.37. The Morgan fingerprint density at radius 1 is 0.925 bits per heavy atom. The lowest BCUT2D eigenvalue weighted by Gasteiger charge is -2.28. The summed E-state index contributed by atoms with van der Waals surface area (Å²) in [4.78, 5) is 42.6. The third-order valence-electron chi connectivity index (χ3n) is 7.85. The van der Waals surface area contributed by atoms with Crippen molar-refractivity contribution in [1.82, 2.24) is 4.90 Å². The number of fused-ring (bicyclic) bond motifs is 2. The van der Waals surface area contributed by atoms with E-state index in [0.29, 0.717) is 41.2 Å². The number of rotatable bonds is 6. The van der Waals surface area contributed by atoms with Gasteiger partial charge in [-0.25, -0.2) is 4.79 Å². The average molecular weight is 537 g/mol. The highest BCUT2D eigenvalue weighted by Gasteiger charge is 2.30. The van der Waals surface area contributed by atoms with Gasteiger partial charge in [-0.3, -0.25) is 14.5 Å². The summed E-state index contributed by atoms with van der Waals surface area (Å²) in [6.07, 6.45) is 4.35. The number of piperidine rings is 1. The Kier molecular flexibility index (Phi) is 7.09. The molecule has 8 nitrogen and oxygen atoms in total. The Morgan fingerprint density at radius 2 is 1.73 bits per heavy atom. The fraction of sp³-hybridized carbons (Fsp3) is 0.281. The first-order valence-electron chi connectivity index (χ1n) is 13.8. The van der Waals surface area contributed by atoms with E-state index in [2.05, 4.69) is 21.6 Å². The van der Waals surface area contributed by atoms with Gasteiger partial charge in [0.2, 0.25) is 5.91 Å². The van der Waals surface area contributed by atoms with Crippen LogP contribution in [0.3, 0.4) is 0 Å². The second-order valence-corrected chi connectivity index (χ2v) is 10.4. The summed E-state index contributed by atoms with van der Waals surface area (Å²) in [5, 5.41) is 6.42. The zero-order valence-electron chi connectivity index (χ0n) is 22.5. The average Bonchev–Trinajstić information content (AvgIpc) is 3.56. The third-order valence-corrected chi connectivity index (χ3v) is 7.85. The number of hydrogen-bond acceptors (Lipinski definition) is 6. The molecular formula is C32H32N4O4. The second-order valence-electron chi connectivity index (χ2n) is 10.4. The number of amides is 2. The van der Waals surface area contributed by atoms with Crippen LogP contribution in [0, 0.1) is 0 Å². The van der Waals surface area contributed by atoms with E-state index in [1.807, 2.05) is 47.4 Å². The molecule has 2 amide bonds. The number of methoxy groups -OCH3 is 1. The van der Waals surface area contributed by atoms with Gasteiger partial charge in [-0.15, -0.1) is 0 Å². The van der Waals surface area contributed by atoms with Crippen LogP contribution in [0.15, 0.2) is 66.7 Å². The van der Waals surface area contributed by atoms with Gasteiger partial charge in [0.25, 0.3) is 5.91 Å². The summed E-state index contributed by atoms with van der Waals surface area (Å²) in [5.74, 6) is -0.560. The van der Waals surface area contributed by atoms with Crippen molar-refractivity contribution in [3.05, 3.63) is 89.0 Å². The molecule has 1 saturated heterocycles. The number of hydrogen-bond donors (Lipinski definition) is 2. The van der Waals surface area contributed by atoms with Crippen molar-refractivity contribution in [2.24, 2.45) is 0 Å². The molecule has 1 fully saturated rings. The first-order valence-corrected chi connectivity index (χ1v) is 13.8. The first kappa shape index (κ1) is 25.8. The van der Waals surface area contributed by atoms with Gasteiger partial charge < -0.3 is 20.3 Å². The standard InChI is InChI=1S/C32H32N4O4/c1-40-32(39)23-10-12-25-26(19-23)34-31(38)29(25)30(21-8-4-2-5-9-21)33-24-11-13-27-22(18-24)14-17-36(27)28(37)20-35-15-6-3-7-16-35/h2,4-5,8-13,18-19,33H,3,6-7,14-17,20H2,1H3,(H,34,38)/b30-29-. The number of ether oxygens (including phenoxy) is 1. The van der Waals surface area contributed by atoms with Gasteiger partial charge >= 0.3 is 5.97 Å². The Balaban J connectivity index is 1.31.